The molecule has 2 aromatic heterocycles. The van der Waals surface area contributed by atoms with Gasteiger partial charge in [-0.3, -0.25) is 4.79 Å². The fraction of sp³-hybridized carbons (Fsp3) is 0.476. The van der Waals surface area contributed by atoms with Gasteiger partial charge < -0.3 is 20.3 Å². The number of hydrogen-bond donors (Lipinski definition) is 2. The first-order valence-electron chi connectivity index (χ1n) is 9.80. The molecule has 1 aliphatic heterocycles. The summed E-state index contributed by atoms with van der Waals surface area (Å²) in [6.07, 6.45) is 0.580. The van der Waals surface area contributed by atoms with E-state index < -0.39 is 17.7 Å². The number of thiophene rings is 2. The van der Waals surface area contributed by atoms with E-state index >= 15 is 0 Å². The number of carbonyl (C=O) groups is 2. The quantitative estimate of drug-likeness (QED) is 0.708. The third-order valence-electron chi connectivity index (χ3n) is 4.61. The molecule has 0 radical (unpaired) electrons. The molecule has 0 saturated carbocycles. The van der Waals surface area contributed by atoms with Gasteiger partial charge in [0.1, 0.15) is 22.6 Å². The molecule has 2 aromatic rings. The number of amides is 2. The highest BCUT2D eigenvalue weighted by molar-refractivity contribution is 7.11. The van der Waals surface area contributed by atoms with Crippen LogP contribution in [0.15, 0.2) is 29.0 Å². The SMILES string of the molecule is CC(C)(C)OC(=O)NC(Cc1cccs1)C(=O)NC1CCN(c2ccsc2C#N)C1. The van der Waals surface area contributed by atoms with Crippen molar-refractivity contribution in [2.75, 3.05) is 18.0 Å². The Hall–Kier alpha value is -2.57. The van der Waals surface area contributed by atoms with Crippen molar-refractivity contribution < 1.29 is 14.3 Å². The fourth-order valence-corrected chi connectivity index (χ4v) is 4.78. The van der Waals surface area contributed by atoms with E-state index in [0.29, 0.717) is 17.8 Å². The standard InChI is InChI=1S/C21H26N4O3S2/c1-21(2,3)28-20(27)24-16(11-15-5-4-9-29-15)19(26)23-14-6-8-25(13-14)17-7-10-30-18(17)12-22/h4-5,7,9-10,14,16H,6,8,11,13H2,1-3H3,(H,23,26)(H,24,27). The molecule has 0 spiro atoms. The Morgan fingerprint density at radius 3 is 2.80 bits per heavy atom. The van der Waals surface area contributed by atoms with Crippen molar-refractivity contribution >= 4 is 40.4 Å². The molecule has 2 N–H and O–H groups in total. The first-order valence-corrected chi connectivity index (χ1v) is 11.6. The molecule has 0 bridgehead atoms. The maximum Gasteiger partial charge on any atom is 0.408 e. The van der Waals surface area contributed by atoms with Crippen LogP contribution in [0.3, 0.4) is 0 Å². The average molecular weight is 447 g/mol. The predicted octanol–water partition coefficient (Wildman–Crippen LogP) is 3.51. The van der Waals surface area contributed by atoms with Gasteiger partial charge >= 0.3 is 6.09 Å². The predicted molar refractivity (Wildman–Crippen MR) is 119 cm³/mol. The minimum Gasteiger partial charge on any atom is -0.444 e. The molecular formula is C21H26N4O3S2. The maximum atomic E-state index is 13.0. The number of nitrogens with zero attached hydrogens (tertiary/aromatic N) is 2. The van der Waals surface area contributed by atoms with Gasteiger partial charge in [-0.25, -0.2) is 4.79 Å². The van der Waals surface area contributed by atoms with Crippen molar-refractivity contribution in [2.24, 2.45) is 0 Å². The van der Waals surface area contributed by atoms with Gasteiger partial charge in [0.25, 0.3) is 0 Å². The number of anilines is 1. The van der Waals surface area contributed by atoms with Crippen LogP contribution in [0.4, 0.5) is 10.5 Å². The van der Waals surface area contributed by atoms with Gasteiger partial charge in [-0.05, 0) is 50.1 Å². The number of alkyl carbamates (subject to hydrolysis) is 1. The molecule has 2 amide bonds. The van der Waals surface area contributed by atoms with Crippen LogP contribution in [0.25, 0.3) is 0 Å². The van der Waals surface area contributed by atoms with Crippen molar-refractivity contribution in [1.82, 2.24) is 10.6 Å². The maximum absolute atomic E-state index is 13.0. The van der Waals surface area contributed by atoms with E-state index in [9.17, 15) is 14.9 Å². The number of ether oxygens (including phenoxy) is 1. The van der Waals surface area contributed by atoms with Crippen LogP contribution in [0, 0.1) is 11.3 Å². The molecule has 0 aliphatic carbocycles. The highest BCUT2D eigenvalue weighted by atomic mass is 32.1. The van der Waals surface area contributed by atoms with E-state index in [1.165, 1.54) is 11.3 Å². The summed E-state index contributed by atoms with van der Waals surface area (Å²) in [5.74, 6) is -0.230. The summed E-state index contributed by atoms with van der Waals surface area (Å²) in [5.41, 5.74) is 0.278. The Bertz CT molecular complexity index is 912. The zero-order valence-corrected chi connectivity index (χ0v) is 18.9. The largest absolute Gasteiger partial charge is 0.444 e. The number of nitriles is 1. The van der Waals surface area contributed by atoms with Crippen LogP contribution in [0.1, 0.15) is 36.9 Å². The van der Waals surface area contributed by atoms with Crippen LogP contribution >= 0.6 is 22.7 Å². The first-order chi connectivity index (χ1) is 14.2. The van der Waals surface area contributed by atoms with Crippen molar-refractivity contribution in [3.63, 3.8) is 0 Å². The molecule has 9 heteroatoms. The molecular weight excluding hydrogens is 420 g/mol. The minimum atomic E-state index is -0.719. The zero-order valence-electron chi connectivity index (χ0n) is 17.3. The molecule has 7 nitrogen and oxygen atoms in total. The molecule has 3 rings (SSSR count). The van der Waals surface area contributed by atoms with Gasteiger partial charge in [0.15, 0.2) is 0 Å². The van der Waals surface area contributed by atoms with Crippen LogP contribution in [0.2, 0.25) is 0 Å². The van der Waals surface area contributed by atoms with Crippen molar-refractivity contribution in [2.45, 2.75) is 51.3 Å². The van der Waals surface area contributed by atoms with Crippen LogP contribution in [-0.2, 0) is 16.0 Å². The Morgan fingerprint density at radius 2 is 2.13 bits per heavy atom. The first kappa shape index (κ1) is 22.1. The second-order valence-corrected chi connectivity index (χ2v) is 10.1. The summed E-state index contributed by atoms with van der Waals surface area (Å²) in [4.78, 5) is 29.1. The zero-order chi connectivity index (χ0) is 21.7. The Morgan fingerprint density at radius 1 is 1.33 bits per heavy atom. The number of hydrogen-bond acceptors (Lipinski definition) is 7. The van der Waals surface area contributed by atoms with Crippen LogP contribution < -0.4 is 15.5 Å². The molecule has 0 aromatic carbocycles. The monoisotopic (exact) mass is 446 g/mol. The number of carbonyl (C=O) groups excluding carboxylic acids is 2. The summed E-state index contributed by atoms with van der Waals surface area (Å²) >= 11 is 2.96. The highest BCUT2D eigenvalue weighted by Gasteiger charge is 2.30. The third-order valence-corrected chi connectivity index (χ3v) is 6.32. The second kappa shape index (κ2) is 9.49. The lowest BCUT2D eigenvalue weighted by Gasteiger charge is -2.24. The van der Waals surface area contributed by atoms with Gasteiger partial charge in [0.2, 0.25) is 5.91 Å². The van der Waals surface area contributed by atoms with E-state index in [0.717, 1.165) is 23.5 Å². The number of nitrogens with one attached hydrogen (secondary N) is 2. The topological polar surface area (TPSA) is 94.5 Å². The van der Waals surface area contributed by atoms with Gasteiger partial charge in [-0.15, -0.1) is 22.7 Å². The molecule has 3 heterocycles. The average Bonchev–Trinajstić information content (AvgIpc) is 3.40. The summed E-state index contributed by atoms with van der Waals surface area (Å²) in [7, 11) is 0. The number of rotatable bonds is 6. The van der Waals surface area contributed by atoms with E-state index in [2.05, 4.69) is 21.6 Å². The molecule has 2 atom stereocenters. The Labute approximate surface area is 184 Å². The summed E-state index contributed by atoms with van der Waals surface area (Å²) in [6, 6.07) is 7.26. The van der Waals surface area contributed by atoms with Crippen LogP contribution in [0.5, 0.6) is 0 Å². The van der Waals surface area contributed by atoms with Crippen molar-refractivity contribution in [1.29, 1.82) is 5.26 Å². The summed E-state index contributed by atoms with van der Waals surface area (Å²) in [6.45, 7) is 6.76. The van der Waals surface area contributed by atoms with E-state index in [4.69, 9.17) is 4.74 Å². The minimum absolute atomic E-state index is 0.0461. The second-order valence-electron chi connectivity index (χ2n) is 8.17. The fourth-order valence-electron chi connectivity index (χ4n) is 3.32. The summed E-state index contributed by atoms with van der Waals surface area (Å²) < 4.78 is 5.33. The molecule has 1 aliphatic rings. The van der Waals surface area contributed by atoms with Gasteiger partial charge in [0.05, 0.1) is 5.69 Å². The normalized spacial score (nSPS) is 17.3. The molecule has 1 saturated heterocycles. The molecule has 30 heavy (non-hydrogen) atoms. The van der Waals surface area contributed by atoms with E-state index in [1.54, 1.807) is 32.1 Å². The lowest BCUT2D eigenvalue weighted by Crippen LogP contribution is -2.52. The van der Waals surface area contributed by atoms with E-state index in [-0.39, 0.29) is 11.9 Å². The molecule has 2 unspecified atom stereocenters. The lowest BCUT2D eigenvalue weighted by molar-refractivity contribution is -0.123. The van der Waals surface area contributed by atoms with Crippen LogP contribution in [-0.4, -0.2) is 42.8 Å². The van der Waals surface area contributed by atoms with E-state index in [1.807, 2.05) is 29.0 Å². The van der Waals surface area contributed by atoms with Gasteiger partial charge in [-0.2, -0.15) is 5.26 Å². The Balaban J connectivity index is 1.63. The lowest BCUT2D eigenvalue weighted by atomic mass is 10.1. The molecule has 1 fully saturated rings. The van der Waals surface area contributed by atoms with Gasteiger partial charge in [-0.1, -0.05) is 6.07 Å². The van der Waals surface area contributed by atoms with Gasteiger partial charge in [0, 0.05) is 30.4 Å². The highest BCUT2D eigenvalue weighted by Crippen LogP contribution is 2.28. The van der Waals surface area contributed by atoms with Crippen molar-refractivity contribution in [3.05, 3.63) is 38.7 Å². The third kappa shape index (κ3) is 5.97. The van der Waals surface area contributed by atoms with Crippen molar-refractivity contribution in [3.8, 4) is 6.07 Å². The Kier molecular flexibility index (Phi) is 7.00. The smallest absolute Gasteiger partial charge is 0.408 e. The molecule has 160 valence electrons. The summed E-state index contributed by atoms with van der Waals surface area (Å²) in [5, 5.41) is 18.9.